The molecule has 1 aliphatic rings. The van der Waals surface area contributed by atoms with E-state index in [2.05, 4.69) is 15.4 Å². The third-order valence-electron chi connectivity index (χ3n) is 5.34. The minimum Gasteiger partial charge on any atom is -0.457 e. The van der Waals surface area contributed by atoms with Gasteiger partial charge in [0.2, 0.25) is 5.91 Å². The van der Waals surface area contributed by atoms with Gasteiger partial charge in [0.15, 0.2) is 0 Å². The summed E-state index contributed by atoms with van der Waals surface area (Å²) >= 11 is 0. The summed E-state index contributed by atoms with van der Waals surface area (Å²) in [6, 6.07) is 21.2. The van der Waals surface area contributed by atoms with Crippen molar-refractivity contribution in [2.75, 3.05) is 0 Å². The number of aromatic nitrogens is 3. The van der Waals surface area contributed by atoms with Crippen LogP contribution in [-0.4, -0.2) is 20.7 Å². The molecule has 2 aromatic heterocycles. The van der Waals surface area contributed by atoms with Gasteiger partial charge in [-0.1, -0.05) is 36.4 Å². The fourth-order valence-electron chi connectivity index (χ4n) is 3.81. The number of benzene rings is 2. The minimum absolute atomic E-state index is 0.0649. The number of nitrogens with one attached hydrogen (secondary N) is 1. The zero-order chi connectivity index (χ0) is 20.5. The summed E-state index contributed by atoms with van der Waals surface area (Å²) in [6.07, 6.45) is 3.48. The molecule has 0 saturated heterocycles. The summed E-state index contributed by atoms with van der Waals surface area (Å²) in [6.45, 7) is 0.384. The van der Waals surface area contributed by atoms with Crippen molar-refractivity contribution in [3.63, 3.8) is 0 Å². The lowest BCUT2D eigenvalue weighted by Crippen LogP contribution is -2.31. The molecule has 1 amide bonds. The highest BCUT2D eigenvalue weighted by molar-refractivity contribution is 5.89. The normalized spacial score (nSPS) is 12.6. The highest BCUT2D eigenvalue weighted by Gasteiger charge is 2.32. The molecule has 4 aromatic rings. The second kappa shape index (κ2) is 7.48. The maximum absolute atomic E-state index is 13.3. The standard InChI is InChI=1S/C24H20N4O2/c1-28-17(14-20(27-28)16-10-12-25-13-11-16)15-26-24(29)23-18-6-2-4-8-21(18)30-22-9-5-3-7-19(22)23/h2-14,23H,15H2,1H3,(H,26,29). The number of hydrogen-bond acceptors (Lipinski definition) is 4. The molecule has 1 aliphatic heterocycles. The first kappa shape index (κ1) is 18.1. The smallest absolute Gasteiger partial charge is 0.232 e. The Morgan fingerprint density at radius 2 is 1.63 bits per heavy atom. The van der Waals surface area contributed by atoms with Crippen LogP contribution in [-0.2, 0) is 18.4 Å². The van der Waals surface area contributed by atoms with Crippen molar-refractivity contribution in [1.29, 1.82) is 0 Å². The molecule has 3 heterocycles. The second-order valence-corrected chi connectivity index (χ2v) is 7.21. The van der Waals surface area contributed by atoms with Gasteiger partial charge in [-0.15, -0.1) is 0 Å². The molecule has 0 atom stereocenters. The van der Waals surface area contributed by atoms with Crippen LogP contribution in [0.1, 0.15) is 22.7 Å². The predicted octanol–water partition coefficient (Wildman–Crippen LogP) is 4.04. The van der Waals surface area contributed by atoms with Crippen LogP contribution in [0.3, 0.4) is 0 Å². The molecular weight excluding hydrogens is 376 g/mol. The van der Waals surface area contributed by atoms with E-state index in [4.69, 9.17) is 4.74 Å². The molecule has 6 nitrogen and oxygen atoms in total. The number of pyridine rings is 1. The lowest BCUT2D eigenvalue weighted by atomic mass is 9.87. The Bertz CT molecular complexity index is 1170. The first-order valence-electron chi connectivity index (χ1n) is 9.77. The van der Waals surface area contributed by atoms with Gasteiger partial charge in [-0.2, -0.15) is 5.10 Å². The Kier molecular flexibility index (Phi) is 4.52. The van der Waals surface area contributed by atoms with Crippen molar-refractivity contribution < 1.29 is 9.53 Å². The van der Waals surface area contributed by atoms with Crippen LogP contribution in [0.15, 0.2) is 79.1 Å². The largest absolute Gasteiger partial charge is 0.457 e. The number of rotatable bonds is 4. The monoisotopic (exact) mass is 396 g/mol. The fraction of sp³-hybridized carbons (Fsp3) is 0.125. The average Bonchev–Trinajstić information content (AvgIpc) is 3.17. The molecular formula is C24H20N4O2. The Morgan fingerprint density at radius 1 is 1.00 bits per heavy atom. The molecule has 30 heavy (non-hydrogen) atoms. The number of fused-ring (bicyclic) bond motifs is 2. The third kappa shape index (κ3) is 3.22. The number of amides is 1. The van der Waals surface area contributed by atoms with E-state index in [0.717, 1.165) is 39.6 Å². The van der Waals surface area contributed by atoms with Gasteiger partial charge < -0.3 is 10.1 Å². The van der Waals surface area contributed by atoms with E-state index in [0.29, 0.717) is 6.54 Å². The molecule has 0 bridgehead atoms. The highest BCUT2D eigenvalue weighted by Crippen LogP contribution is 2.43. The quantitative estimate of drug-likeness (QED) is 0.565. The van der Waals surface area contributed by atoms with Gasteiger partial charge in [0.1, 0.15) is 11.5 Å². The van der Waals surface area contributed by atoms with E-state index in [1.165, 1.54) is 0 Å². The van der Waals surface area contributed by atoms with Crippen LogP contribution in [0.5, 0.6) is 11.5 Å². The Hall–Kier alpha value is -3.93. The van der Waals surface area contributed by atoms with Crippen molar-refractivity contribution in [1.82, 2.24) is 20.1 Å². The summed E-state index contributed by atoms with van der Waals surface area (Å²) in [5.41, 5.74) is 4.51. The summed E-state index contributed by atoms with van der Waals surface area (Å²) in [5.74, 6) is 0.956. The van der Waals surface area contributed by atoms with Crippen LogP contribution in [0.4, 0.5) is 0 Å². The van der Waals surface area contributed by atoms with Crippen LogP contribution >= 0.6 is 0 Å². The lowest BCUT2D eigenvalue weighted by molar-refractivity contribution is -0.122. The number of ether oxygens (including phenoxy) is 1. The number of para-hydroxylation sites is 2. The third-order valence-corrected chi connectivity index (χ3v) is 5.34. The lowest BCUT2D eigenvalue weighted by Gasteiger charge is -2.27. The zero-order valence-electron chi connectivity index (χ0n) is 16.4. The van der Waals surface area contributed by atoms with E-state index in [-0.39, 0.29) is 5.91 Å². The number of carbonyl (C=O) groups is 1. The summed E-state index contributed by atoms with van der Waals surface area (Å²) < 4.78 is 7.79. The minimum atomic E-state index is -0.418. The number of aryl methyl sites for hydroxylation is 1. The molecule has 0 spiro atoms. The van der Waals surface area contributed by atoms with E-state index in [1.807, 2.05) is 73.8 Å². The first-order chi connectivity index (χ1) is 14.7. The van der Waals surface area contributed by atoms with Gasteiger partial charge in [0.25, 0.3) is 0 Å². The SMILES string of the molecule is Cn1nc(-c2ccncc2)cc1CNC(=O)C1c2ccccc2Oc2ccccc21. The summed E-state index contributed by atoms with van der Waals surface area (Å²) in [7, 11) is 1.88. The van der Waals surface area contributed by atoms with Gasteiger partial charge >= 0.3 is 0 Å². The topological polar surface area (TPSA) is 69.0 Å². The van der Waals surface area contributed by atoms with E-state index in [9.17, 15) is 4.79 Å². The molecule has 6 heteroatoms. The van der Waals surface area contributed by atoms with Crippen molar-refractivity contribution >= 4 is 5.91 Å². The van der Waals surface area contributed by atoms with Gasteiger partial charge in [0.05, 0.1) is 23.9 Å². The van der Waals surface area contributed by atoms with Gasteiger partial charge in [-0.05, 0) is 30.3 Å². The van der Waals surface area contributed by atoms with E-state index >= 15 is 0 Å². The van der Waals surface area contributed by atoms with Crippen LogP contribution < -0.4 is 10.1 Å². The van der Waals surface area contributed by atoms with Gasteiger partial charge in [0, 0.05) is 36.1 Å². The Balaban J connectivity index is 1.40. The van der Waals surface area contributed by atoms with Crippen molar-refractivity contribution in [3.8, 4) is 22.8 Å². The van der Waals surface area contributed by atoms with Crippen LogP contribution in [0.2, 0.25) is 0 Å². The predicted molar refractivity (Wildman–Crippen MR) is 113 cm³/mol. The number of hydrogen-bond donors (Lipinski definition) is 1. The first-order valence-corrected chi connectivity index (χ1v) is 9.77. The second-order valence-electron chi connectivity index (χ2n) is 7.21. The van der Waals surface area contributed by atoms with Crippen LogP contribution in [0, 0.1) is 0 Å². The molecule has 5 rings (SSSR count). The zero-order valence-corrected chi connectivity index (χ0v) is 16.4. The van der Waals surface area contributed by atoms with Gasteiger partial charge in [-0.3, -0.25) is 14.5 Å². The molecule has 0 unspecified atom stereocenters. The van der Waals surface area contributed by atoms with E-state index < -0.39 is 5.92 Å². The number of nitrogens with zero attached hydrogens (tertiary/aromatic N) is 3. The molecule has 0 fully saturated rings. The summed E-state index contributed by atoms with van der Waals surface area (Å²) in [4.78, 5) is 17.3. The molecule has 1 N–H and O–H groups in total. The summed E-state index contributed by atoms with van der Waals surface area (Å²) in [5, 5.41) is 7.65. The Morgan fingerprint density at radius 3 is 2.30 bits per heavy atom. The van der Waals surface area contributed by atoms with E-state index in [1.54, 1.807) is 17.1 Å². The number of carbonyl (C=O) groups excluding carboxylic acids is 1. The van der Waals surface area contributed by atoms with Crippen LogP contribution in [0.25, 0.3) is 11.3 Å². The molecule has 148 valence electrons. The molecule has 0 aliphatic carbocycles. The Labute approximate surface area is 174 Å². The maximum atomic E-state index is 13.3. The molecule has 2 aromatic carbocycles. The highest BCUT2D eigenvalue weighted by atomic mass is 16.5. The van der Waals surface area contributed by atoms with Gasteiger partial charge in [-0.25, -0.2) is 0 Å². The fourth-order valence-corrected chi connectivity index (χ4v) is 3.81. The van der Waals surface area contributed by atoms with Crippen molar-refractivity contribution in [2.24, 2.45) is 7.05 Å². The maximum Gasteiger partial charge on any atom is 0.232 e. The molecule has 0 radical (unpaired) electrons. The van der Waals surface area contributed by atoms with Crippen molar-refractivity contribution in [3.05, 3.63) is 95.9 Å². The molecule has 0 saturated carbocycles. The van der Waals surface area contributed by atoms with Crippen molar-refractivity contribution in [2.45, 2.75) is 12.5 Å². The average molecular weight is 396 g/mol.